The minimum absolute atomic E-state index is 0.818. The first-order valence-corrected chi connectivity index (χ1v) is 6.08. The SMILES string of the molecule is Cc1nc(CCNCC2CC=CCC2)n[nH]1. The van der Waals surface area contributed by atoms with Crippen LogP contribution in [0.4, 0.5) is 0 Å². The van der Waals surface area contributed by atoms with Gasteiger partial charge >= 0.3 is 0 Å². The summed E-state index contributed by atoms with van der Waals surface area (Å²) in [6.45, 7) is 4.02. The molecule has 1 aliphatic rings. The zero-order valence-electron chi connectivity index (χ0n) is 9.87. The summed E-state index contributed by atoms with van der Waals surface area (Å²) >= 11 is 0. The summed E-state index contributed by atoms with van der Waals surface area (Å²) < 4.78 is 0. The normalized spacial score (nSPS) is 20.2. The van der Waals surface area contributed by atoms with Crippen molar-refractivity contribution in [1.82, 2.24) is 20.5 Å². The first-order chi connectivity index (χ1) is 7.84. The lowest BCUT2D eigenvalue weighted by Gasteiger charge is -2.17. The molecular formula is C12H20N4. The van der Waals surface area contributed by atoms with Crippen molar-refractivity contribution in [3.05, 3.63) is 23.8 Å². The molecule has 0 bridgehead atoms. The number of rotatable bonds is 5. The van der Waals surface area contributed by atoms with E-state index in [0.29, 0.717) is 0 Å². The molecule has 1 aromatic heterocycles. The molecule has 0 aliphatic heterocycles. The quantitative estimate of drug-likeness (QED) is 0.585. The molecule has 0 amide bonds. The Kier molecular flexibility index (Phi) is 4.10. The topological polar surface area (TPSA) is 53.6 Å². The fourth-order valence-corrected chi connectivity index (χ4v) is 2.05. The van der Waals surface area contributed by atoms with Crippen molar-refractivity contribution in [2.24, 2.45) is 5.92 Å². The fraction of sp³-hybridized carbons (Fsp3) is 0.667. The second kappa shape index (κ2) is 5.80. The number of aromatic nitrogens is 3. The van der Waals surface area contributed by atoms with Crippen molar-refractivity contribution < 1.29 is 0 Å². The van der Waals surface area contributed by atoms with Crippen molar-refractivity contribution in [2.45, 2.75) is 32.6 Å². The zero-order chi connectivity index (χ0) is 11.2. The molecule has 2 N–H and O–H groups in total. The summed E-state index contributed by atoms with van der Waals surface area (Å²) in [5.41, 5.74) is 0. The zero-order valence-corrected chi connectivity index (χ0v) is 9.87. The lowest BCUT2D eigenvalue weighted by molar-refractivity contribution is 0.441. The van der Waals surface area contributed by atoms with Crippen LogP contribution in [0.5, 0.6) is 0 Å². The predicted octanol–water partition coefficient (Wildman–Crippen LogP) is 1.60. The van der Waals surface area contributed by atoms with Crippen LogP contribution in [-0.4, -0.2) is 28.3 Å². The van der Waals surface area contributed by atoms with Crippen LogP contribution in [0.2, 0.25) is 0 Å². The molecule has 0 aromatic carbocycles. The summed E-state index contributed by atoms with van der Waals surface area (Å²) in [7, 11) is 0. The summed E-state index contributed by atoms with van der Waals surface area (Å²) in [5, 5.41) is 10.5. The Labute approximate surface area is 96.6 Å². The van der Waals surface area contributed by atoms with Crippen molar-refractivity contribution >= 4 is 0 Å². The second-order valence-corrected chi connectivity index (χ2v) is 4.44. The Morgan fingerprint density at radius 2 is 2.44 bits per heavy atom. The molecule has 1 unspecified atom stereocenters. The van der Waals surface area contributed by atoms with Crippen LogP contribution in [0.1, 0.15) is 30.9 Å². The van der Waals surface area contributed by atoms with E-state index in [1.807, 2.05) is 6.92 Å². The van der Waals surface area contributed by atoms with E-state index < -0.39 is 0 Å². The van der Waals surface area contributed by atoms with Gasteiger partial charge in [0.1, 0.15) is 5.82 Å². The van der Waals surface area contributed by atoms with Gasteiger partial charge in [0.25, 0.3) is 0 Å². The Bertz CT molecular complexity index is 343. The van der Waals surface area contributed by atoms with Gasteiger partial charge < -0.3 is 5.32 Å². The van der Waals surface area contributed by atoms with Gasteiger partial charge in [0.15, 0.2) is 5.82 Å². The van der Waals surface area contributed by atoms with Gasteiger partial charge in [-0.3, -0.25) is 5.10 Å². The van der Waals surface area contributed by atoms with Crippen molar-refractivity contribution in [2.75, 3.05) is 13.1 Å². The average Bonchev–Trinajstić information content (AvgIpc) is 2.72. The van der Waals surface area contributed by atoms with Gasteiger partial charge in [-0.25, -0.2) is 4.98 Å². The molecule has 1 aromatic rings. The van der Waals surface area contributed by atoms with Gasteiger partial charge in [-0.05, 0) is 38.6 Å². The minimum atomic E-state index is 0.818. The van der Waals surface area contributed by atoms with E-state index in [0.717, 1.165) is 37.1 Å². The first kappa shape index (κ1) is 11.3. The number of allylic oxidation sites excluding steroid dienone is 2. The van der Waals surface area contributed by atoms with E-state index in [-0.39, 0.29) is 0 Å². The van der Waals surface area contributed by atoms with Crippen LogP contribution < -0.4 is 5.32 Å². The van der Waals surface area contributed by atoms with E-state index >= 15 is 0 Å². The highest BCUT2D eigenvalue weighted by atomic mass is 15.2. The van der Waals surface area contributed by atoms with Crippen molar-refractivity contribution in [1.29, 1.82) is 0 Å². The smallest absolute Gasteiger partial charge is 0.151 e. The molecule has 0 radical (unpaired) electrons. The molecule has 0 fully saturated rings. The molecular weight excluding hydrogens is 200 g/mol. The molecule has 4 nitrogen and oxygen atoms in total. The summed E-state index contributed by atoms with van der Waals surface area (Å²) in [5.74, 6) is 2.62. The van der Waals surface area contributed by atoms with Gasteiger partial charge in [0, 0.05) is 13.0 Å². The third-order valence-electron chi connectivity index (χ3n) is 2.98. The first-order valence-electron chi connectivity index (χ1n) is 6.08. The van der Waals surface area contributed by atoms with Crippen LogP contribution in [0.3, 0.4) is 0 Å². The molecule has 1 heterocycles. The number of aromatic amines is 1. The maximum absolute atomic E-state index is 4.28. The number of H-pyrrole nitrogens is 1. The molecule has 88 valence electrons. The van der Waals surface area contributed by atoms with Crippen LogP contribution >= 0.6 is 0 Å². The molecule has 2 rings (SSSR count). The highest BCUT2D eigenvalue weighted by Gasteiger charge is 2.08. The number of nitrogens with one attached hydrogen (secondary N) is 2. The Balaban J connectivity index is 1.59. The van der Waals surface area contributed by atoms with E-state index in [1.54, 1.807) is 0 Å². The monoisotopic (exact) mass is 220 g/mol. The number of hydrogen-bond acceptors (Lipinski definition) is 3. The standard InChI is InChI=1S/C12H20N4/c1-10-14-12(16-15-10)7-8-13-9-11-5-3-2-4-6-11/h2-3,11,13H,4-9H2,1H3,(H,14,15,16). The highest BCUT2D eigenvalue weighted by molar-refractivity contribution is 4.91. The molecule has 0 spiro atoms. The maximum atomic E-state index is 4.28. The molecule has 0 saturated carbocycles. The Hall–Kier alpha value is -1.16. The van der Waals surface area contributed by atoms with Gasteiger partial charge in [0.2, 0.25) is 0 Å². The number of hydrogen-bond donors (Lipinski definition) is 2. The van der Waals surface area contributed by atoms with Crippen molar-refractivity contribution in [3.8, 4) is 0 Å². The number of aryl methyl sites for hydroxylation is 1. The molecule has 1 aliphatic carbocycles. The average molecular weight is 220 g/mol. The van der Waals surface area contributed by atoms with Crippen molar-refractivity contribution in [3.63, 3.8) is 0 Å². The molecule has 4 heteroatoms. The lowest BCUT2D eigenvalue weighted by atomic mass is 9.94. The third-order valence-corrected chi connectivity index (χ3v) is 2.98. The highest BCUT2D eigenvalue weighted by Crippen LogP contribution is 2.16. The van der Waals surface area contributed by atoms with Gasteiger partial charge in [-0.2, -0.15) is 5.10 Å². The van der Waals surface area contributed by atoms with Gasteiger partial charge in [-0.15, -0.1) is 0 Å². The lowest BCUT2D eigenvalue weighted by Crippen LogP contribution is -2.25. The fourth-order valence-electron chi connectivity index (χ4n) is 2.05. The van der Waals surface area contributed by atoms with Gasteiger partial charge in [0.05, 0.1) is 0 Å². The number of nitrogens with zero attached hydrogens (tertiary/aromatic N) is 2. The molecule has 1 atom stereocenters. The van der Waals surface area contributed by atoms with Crippen LogP contribution in [0.25, 0.3) is 0 Å². The van der Waals surface area contributed by atoms with Gasteiger partial charge in [-0.1, -0.05) is 12.2 Å². The van der Waals surface area contributed by atoms with Crippen LogP contribution in [-0.2, 0) is 6.42 Å². The van der Waals surface area contributed by atoms with E-state index in [4.69, 9.17) is 0 Å². The Morgan fingerprint density at radius 3 is 3.12 bits per heavy atom. The van der Waals surface area contributed by atoms with Crippen LogP contribution in [0, 0.1) is 12.8 Å². The second-order valence-electron chi connectivity index (χ2n) is 4.44. The van der Waals surface area contributed by atoms with E-state index in [9.17, 15) is 0 Å². The minimum Gasteiger partial charge on any atom is -0.316 e. The summed E-state index contributed by atoms with van der Waals surface area (Å²) in [6.07, 6.45) is 9.29. The van der Waals surface area contributed by atoms with E-state index in [1.165, 1.54) is 19.3 Å². The summed E-state index contributed by atoms with van der Waals surface area (Å²) in [4.78, 5) is 4.28. The van der Waals surface area contributed by atoms with Crippen LogP contribution in [0.15, 0.2) is 12.2 Å². The molecule has 0 saturated heterocycles. The van der Waals surface area contributed by atoms with E-state index in [2.05, 4.69) is 32.7 Å². The Morgan fingerprint density at radius 1 is 1.50 bits per heavy atom. The summed E-state index contributed by atoms with van der Waals surface area (Å²) in [6, 6.07) is 0. The third kappa shape index (κ3) is 3.45. The largest absolute Gasteiger partial charge is 0.316 e. The maximum Gasteiger partial charge on any atom is 0.151 e. The predicted molar refractivity (Wildman–Crippen MR) is 64.2 cm³/mol. The molecule has 16 heavy (non-hydrogen) atoms.